The first-order valence-corrected chi connectivity index (χ1v) is 14.4. The van der Waals surface area contributed by atoms with Crippen molar-refractivity contribution < 1.29 is 22.8 Å². The van der Waals surface area contributed by atoms with Crippen LogP contribution in [0.2, 0.25) is 0 Å². The Balaban J connectivity index is 1.53. The van der Waals surface area contributed by atoms with Crippen molar-refractivity contribution in [2.45, 2.75) is 30.0 Å². The lowest BCUT2D eigenvalue weighted by Gasteiger charge is -2.18. The normalized spacial score (nSPS) is 11.2. The third-order valence-electron chi connectivity index (χ3n) is 4.88. The van der Waals surface area contributed by atoms with Crippen molar-refractivity contribution in [1.82, 2.24) is 14.5 Å². The van der Waals surface area contributed by atoms with Crippen LogP contribution >= 0.6 is 23.1 Å². The van der Waals surface area contributed by atoms with Crippen LogP contribution in [0.5, 0.6) is 0 Å². The molecule has 3 amide bonds. The molecule has 0 radical (unpaired) electrons. The van der Waals surface area contributed by atoms with E-state index in [1.807, 2.05) is 0 Å². The second-order valence-electron chi connectivity index (χ2n) is 7.54. The maximum atomic E-state index is 12.6. The predicted molar refractivity (Wildman–Crippen MR) is 145 cm³/mol. The van der Waals surface area contributed by atoms with Crippen molar-refractivity contribution >= 4 is 67.3 Å². The summed E-state index contributed by atoms with van der Waals surface area (Å²) in [6.07, 6.45) is 0. The number of sulfonamides is 1. The fourth-order valence-corrected chi connectivity index (χ4v) is 6.19. The average molecular weight is 563 g/mol. The number of carbonyl (C=O) groups is 3. The summed E-state index contributed by atoms with van der Waals surface area (Å²) in [5, 5.41) is 16.2. The number of hydrogen-bond donors (Lipinski definition) is 3. The highest BCUT2D eigenvalue weighted by molar-refractivity contribution is 8.01. The van der Waals surface area contributed by atoms with E-state index in [0.717, 1.165) is 23.1 Å². The van der Waals surface area contributed by atoms with Gasteiger partial charge in [-0.1, -0.05) is 43.0 Å². The standard InChI is InChI=1S/C23H26N6O5S3/c1-4-29(5-2)37(33,34)19-11-9-16(10-12-19)21(32)26-22-27-28-23(36-22)35-14-20(31)25-18-8-6-7-17(13-18)24-15(3)30/h6-13H,4-5,14H2,1-3H3,(H,24,30)(H,25,31)(H,26,27,32). The van der Waals surface area contributed by atoms with E-state index in [1.165, 1.54) is 35.5 Å². The van der Waals surface area contributed by atoms with E-state index in [4.69, 9.17) is 0 Å². The van der Waals surface area contributed by atoms with Crippen LogP contribution in [-0.2, 0) is 19.6 Å². The zero-order valence-electron chi connectivity index (χ0n) is 20.3. The van der Waals surface area contributed by atoms with Crippen LogP contribution in [0.25, 0.3) is 0 Å². The van der Waals surface area contributed by atoms with Gasteiger partial charge in [-0.25, -0.2) is 8.42 Å². The molecule has 0 unspecified atom stereocenters. The van der Waals surface area contributed by atoms with Gasteiger partial charge in [-0.2, -0.15) is 4.31 Å². The van der Waals surface area contributed by atoms with Gasteiger partial charge in [-0.05, 0) is 42.5 Å². The Bertz CT molecular complexity index is 1370. The number of anilines is 3. The van der Waals surface area contributed by atoms with Gasteiger partial charge in [-0.3, -0.25) is 19.7 Å². The molecule has 196 valence electrons. The smallest absolute Gasteiger partial charge is 0.257 e. The van der Waals surface area contributed by atoms with E-state index in [-0.39, 0.29) is 33.2 Å². The van der Waals surface area contributed by atoms with E-state index in [9.17, 15) is 22.8 Å². The highest BCUT2D eigenvalue weighted by atomic mass is 32.2. The minimum absolute atomic E-state index is 0.0649. The lowest BCUT2D eigenvalue weighted by atomic mass is 10.2. The van der Waals surface area contributed by atoms with Crippen molar-refractivity contribution in [3.05, 3.63) is 54.1 Å². The fraction of sp³-hybridized carbons (Fsp3) is 0.261. The molecule has 0 bridgehead atoms. The molecule has 14 heteroatoms. The molecular formula is C23H26N6O5S3. The number of thioether (sulfide) groups is 1. The minimum Gasteiger partial charge on any atom is -0.326 e. The molecule has 0 atom stereocenters. The molecule has 0 aliphatic rings. The molecule has 1 aromatic heterocycles. The van der Waals surface area contributed by atoms with Crippen LogP contribution in [0.3, 0.4) is 0 Å². The Morgan fingerprint density at radius 2 is 1.59 bits per heavy atom. The summed E-state index contributed by atoms with van der Waals surface area (Å²) < 4.78 is 27.0. The van der Waals surface area contributed by atoms with Gasteiger partial charge in [0.2, 0.25) is 27.0 Å². The van der Waals surface area contributed by atoms with Gasteiger partial charge < -0.3 is 10.6 Å². The van der Waals surface area contributed by atoms with Crippen LogP contribution in [0.4, 0.5) is 16.5 Å². The Kier molecular flexibility index (Phi) is 9.74. The third kappa shape index (κ3) is 7.82. The first kappa shape index (κ1) is 28.2. The average Bonchev–Trinajstić information content (AvgIpc) is 3.30. The zero-order chi connectivity index (χ0) is 27.0. The minimum atomic E-state index is -3.61. The first-order chi connectivity index (χ1) is 17.6. The summed E-state index contributed by atoms with van der Waals surface area (Å²) >= 11 is 2.27. The molecular weight excluding hydrogens is 536 g/mol. The molecule has 3 rings (SSSR count). The van der Waals surface area contributed by atoms with Crippen LogP contribution in [0.15, 0.2) is 57.8 Å². The molecule has 3 N–H and O–H groups in total. The zero-order valence-corrected chi connectivity index (χ0v) is 22.8. The molecule has 0 spiro atoms. The van der Waals surface area contributed by atoms with E-state index >= 15 is 0 Å². The van der Waals surface area contributed by atoms with Crippen molar-refractivity contribution in [2.75, 3.05) is 34.8 Å². The van der Waals surface area contributed by atoms with Gasteiger partial charge in [0, 0.05) is 37.0 Å². The molecule has 3 aromatic rings. The van der Waals surface area contributed by atoms with Crippen molar-refractivity contribution in [1.29, 1.82) is 0 Å². The van der Waals surface area contributed by atoms with Gasteiger partial charge in [0.25, 0.3) is 5.91 Å². The lowest BCUT2D eigenvalue weighted by Crippen LogP contribution is -2.30. The van der Waals surface area contributed by atoms with Crippen molar-refractivity contribution in [3.63, 3.8) is 0 Å². The molecule has 0 aliphatic carbocycles. The number of hydrogen-bond acceptors (Lipinski definition) is 9. The second kappa shape index (κ2) is 12.8. The number of rotatable bonds is 11. The van der Waals surface area contributed by atoms with Gasteiger partial charge >= 0.3 is 0 Å². The van der Waals surface area contributed by atoms with Gasteiger partial charge in [-0.15, -0.1) is 10.2 Å². The summed E-state index contributed by atoms with van der Waals surface area (Å²) in [5.74, 6) is -0.879. The molecule has 0 fully saturated rings. The Labute approximate surface area is 223 Å². The highest BCUT2D eigenvalue weighted by Gasteiger charge is 2.22. The number of nitrogens with zero attached hydrogens (tertiary/aromatic N) is 3. The summed E-state index contributed by atoms with van der Waals surface area (Å²) in [6.45, 7) is 5.63. The third-order valence-corrected chi connectivity index (χ3v) is 8.92. The summed E-state index contributed by atoms with van der Waals surface area (Å²) in [5.41, 5.74) is 1.38. The molecule has 37 heavy (non-hydrogen) atoms. The lowest BCUT2D eigenvalue weighted by molar-refractivity contribution is -0.114. The van der Waals surface area contributed by atoms with E-state index in [2.05, 4.69) is 26.1 Å². The van der Waals surface area contributed by atoms with Crippen LogP contribution in [0, 0.1) is 0 Å². The summed E-state index contributed by atoms with van der Waals surface area (Å²) in [4.78, 5) is 36.2. The monoisotopic (exact) mass is 562 g/mol. The molecule has 1 heterocycles. The van der Waals surface area contributed by atoms with E-state index in [1.54, 1.807) is 38.1 Å². The van der Waals surface area contributed by atoms with Crippen molar-refractivity contribution in [3.8, 4) is 0 Å². The van der Waals surface area contributed by atoms with Gasteiger partial charge in [0.05, 0.1) is 10.6 Å². The van der Waals surface area contributed by atoms with Gasteiger partial charge in [0.15, 0.2) is 4.34 Å². The van der Waals surface area contributed by atoms with Crippen molar-refractivity contribution in [2.24, 2.45) is 0 Å². The van der Waals surface area contributed by atoms with Crippen LogP contribution in [-0.4, -0.2) is 59.5 Å². The maximum absolute atomic E-state index is 12.6. The summed E-state index contributed by atoms with van der Waals surface area (Å²) in [7, 11) is -3.61. The predicted octanol–water partition coefficient (Wildman–Crippen LogP) is 3.51. The molecule has 0 saturated heterocycles. The Hall–Kier alpha value is -3.33. The fourth-order valence-electron chi connectivity index (χ4n) is 3.18. The number of amides is 3. The molecule has 2 aromatic carbocycles. The SMILES string of the molecule is CCN(CC)S(=O)(=O)c1ccc(C(=O)Nc2nnc(SCC(=O)Nc3cccc(NC(C)=O)c3)s2)cc1. The molecule has 0 aliphatic heterocycles. The van der Waals surface area contributed by atoms with Crippen LogP contribution in [0.1, 0.15) is 31.1 Å². The number of aromatic nitrogens is 2. The number of benzene rings is 2. The number of nitrogens with one attached hydrogen (secondary N) is 3. The summed E-state index contributed by atoms with van der Waals surface area (Å²) in [6, 6.07) is 12.5. The highest BCUT2D eigenvalue weighted by Crippen LogP contribution is 2.26. The Morgan fingerprint density at radius 1 is 0.946 bits per heavy atom. The largest absolute Gasteiger partial charge is 0.326 e. The molecule has 0 saturated carbocycles. The maximum Gasteiger partial charge on any atom is 0.257 e. The first-order valence-electron chi connectivity index (χ1n) is 11.2. The Morgan fingerprint density at radius 3 is 2.22 bits per heavy atom. The molecule has 11 nitrogen and oxygen atoms in total. The topological polar surface area (TPSA) is 150 Å². The van der Waals surface area contributed by atoms with E-state index < -0.39 is 15.9 Å². The number of carbonyl (C=O) groups excluding carboxylic acids is 3. The quantitative estimate of drug-likeness (QED) is 0.237. The van der Waals surface area contributed by atoms with Crippen LogP contribution < -0.4 is 16.0 Å². The second-order valence-corrected chi connectivity index (χ2v) is 11.7. The van der Waals surface area contributed by atoms with Gasteiger partial charge in [0.1, 0.15) is 0 Å². The van der Waals surface area contributed by atoms with E-state index in [0.29, 0.717) is 28.8 Å².